The van der Waals surface area contributed by atoms with Crippen LogP contribution in [0.15, 0.2) is 30.3 Å². The van der Waals surface area contributed by atoms with Gasteiger partial charge in [0, 0.05) is 0 Å². The Morgan fingerprint density at radius 1 is 1.24 bits per heavy atom. The SMILES string of the molecule is CCCC1C(=O)NC(C)C(=O)N1CCOc1ccccc1. The average molecular weight is 290 g/mol. The second-order valence-electron chi connectivity index (χ2n) is 5.23. The number of para-hydroxylation sites is 1. The minimum atomic E-state index is -0.456. The van der Waals surface area contributed by atoms with Crippen LogP contribution in [0.1, 0.15) is 26.7 Å². The van der Waals surface area contributed by atoms with Crippen molar-refractivity contribution >= 4 is 11.8 Å². The molecule has 1 fully saturated rings. The van der Waals surface area contributed by atoms with E-state index in [1.165, 1.54) is 0 Å². The number of hydrogen-bond acceptors (Lipinski definition) is 3. The van der Waals surface area contributed by atoms with E-state index in [1.807, 2.05) is 37.3 Å². The summed E-state index contributed by atoms with van der Waals surface area (Å²) < 4.78 is 5.63. The predicted octanol–water partition coefficient (Wildman–Crippen LogP) is 1.58. The highest BCUT2D eigenvalue weighted by atomic mass is 16.5. The Labute approximate surface area is 125 Å². The first-order valence-corrected chi connectivity index (χ1v) is 7.42. The van der Waals surface area contributed by atoms with Gasteiger partial charge in [-0.3, -0.25) is 9.59 Å². The molecule has 2 rings (SSSR count). The minimum absolute atomic E-state index is 0.0373. The highest BCUT2D eigenvalue weighted by Gasteiger charge is 2.37. The molecule has 2 amide bonds. The number of rotatable bonds is 6. The Morgan fingerprint density at radius 2 is 1.95 bits per heavy atom. The molecule has 1 heterocycles. The van der Waals surface area contributed by atoms with Gasteiger partial charge in [0.2, 0.25) is 11.8 Å². The van der Waals surface area contributed by atoms with Crippen LogP contribution in [0.2, 0.25) is 0 Å². The van der Waals surface area contributed by atoms with E-state index in [9.17, 15) is 9.59 Å². The van der Waals surface area contributed by atoms with E-state index in [0.717, 1.165) is 12.2 Å². The monoisotopic (exact) mass is 290 g/mol. The normalized spacial score (nSPS) is 22.1. The molecule has 1 aromatic carbocycles. The molecule has 0 aromatic heterocycles. The highest BCUT2D eigenvalue weighted by molar-refractivity contribution is 5.96. The molecule has 2 atom stereocenters. The van der Waals surface area contributed by atoms with Crippen molar-refractivity contribution < 1.29 is 14.3 Å². The highest BCUT2D eigenvalue weighted by Crippen LogP contribution is 2.15. The van der Waals surface area contributed by atoms with Crippen molar-refractivity contribution in [2.45, 2.75) is 38.8 Å². The van der Waals surface area contributed by atoms with Crippen LogP contribution in [-0.2, 0) is 9.59 Å². The maximum absolute atomic E-state index is 12.3. The van der Waals surface area contributed by atoms with Gasteiger partial charge < -0.3 is 15.0 Å². The Bertz CT molecular complexity index is 490. The molecule has 0 saturated carbocycles. The van der Waals surface area contributed by atoms with Gasteiger partial charge in [-0.1, -0.05) is 31.5 Å². The summed E-state index contributed by atoms with van der Waals surface area (Å²) in [5.74, 6) is 0.667. The predicted molar refractivity (Wildman–Crippen MR) is 80.0 cm³/mol. The van der Waals surface area contributed by atoms with E-state index >= 15 is 0 Å². The van der Waals surface area contributed by atoms with Gasteiger partial charge in [-0.25, -0.2) is 0 Å². The topological polar surface area (TPSA) is 58.6 Å². The molecule has 0 radical (unpaired) electrons. The van der Waals surface area contributed by atoms with Gasteiger partial charge in [0.05, 0.1) is 6.54 Å². The number of ether oxygens (including phenoxy) is 1. The zero-order chi connectivity index (χ0) is 15.2. The summed E-state index contributed by atoms with van der Waals surface area (Å²) in [4.78, 5) is 25.9. The molecule has 5 nitrogen and oxygen atoms in total. The van der Waals surface area contributed by atoms with Crippen molar-refractivity contribution in [1.82, 2.24) is 10.2 Å². The van der Waals surface area contributed by atoms with E-state index in [1.54, 1.807) is 11.8 Å². The number of nitrogens with one attached hydrogen (secondary N) is 1. The second-order valence-corrected chi connectivity index (χ2v) is 5.23. The van der Waals surface area contributed by atoms with Crippen LogP contribution in [0.4, 0.5) is 0 Å². The Hall–Kier alpha value is -2.04. The van der Waals surface area contributed by atoms with Gasteiger partial charge in [-0.15, -0.1) is 0 Å². The fourth-order valence-corrected chi connectivity index (χ4v) is 2.52. The molecule has 1 N–H and O–H groups in total. The summed E-state index contributed by atoms with van der Waals surface area (Å²) in [7, 11) is 0. The standard InChI is InChI=1S/C16H22N2O3/c1-3-7-14-15(19)17-12(2)16(20)18(14)10-11-21-13-8-5-4-6-9-13/h4-6,8-9,12,14H,3,7,10-11H2,1-2H3,(H,17,19). The Balaban J connectivity index is 1.96. The lowest BCUT2D eigenvalue weighted by Gasteiger charge is -2.37. The molecular weight excluding hydrogens is 268 g/mol. The molecule has 21 heavy (non-hydrogen) atoms. The van der Waals surface area contributed by atoms with E-state index in [-0.39, 0.29) is 17.9 Å². The van der Waals surface area contributed by atoms with Gasteiger partial charge in [0.1, 0.15) is 24.4 Å². The summed E-state index contributed by atoms with van der Waals surface area (Å²) >= 11 is 0. The summed E-state index contributed by atoms with van der Waals surface area (Å²) in [5, 5.41) is 2.73. The molecule has 5 heteroatoms. The lowest BCUT2D eigenvalue weighted by molar-refractivity contribution is -0.149. The third kappa shape index (κ3) is 3.74. The first kappa shape index (κ1) is 15.4. The summed E-state index contributed by atoms with van der Waals surface area (Å²) in [6.07, 6.45) is 1.53. The van der Waals surface area contributed by atoms with Crippen LogP contribution in [0, 0.1) is 0 Å². The van der Waals surface area contributed by atoms with Crippen molar-refractivity contribution in [1.29, 1.82) is 0 Å². The van der Waals surface area contributed by atoms with Gasteiger partial charge in [0.25, 0.3) is 0 Å². The van der Waals surface area contributed by atoms with Crippen LogP contribution < -0.4 is 10.1 Å². The number of carbonyl (C=O) groups excluding carboxylic acids is 2. The summed E-state index contributed by atoms with van der Waals surface area (Å²) in [6, 6.07) is 8.63. The van der Waals surface area contributed by atoms with Crippen LogP contribution in [0.25, 0.3) is 0 Å². The van der Waals surface area contributed by atoms with Crippen molar-refractivity contribution in [3.8, 4) is 5.75 Å². The third-order valence-electron chi connectivity index (χ3n) is 3.60. The first-order chi connectivity index (χ1) is 10.1. The fourth-order valence-electron chi connectivity index (χ4n) is 2.52. The smallest absolute Gasteiger partial charge is 0.245 e. The largest absolute Gasteiger partial charge is 0.492 e. The van der Waals surface area contributed by atoms with Crippen molar-refractivity contribution in [3.63, 3.8) is 0 Å². The fraction of sp³-hybridized carbons (Fsp3) is 0.500. The number of amides is 2. The molecule has 1 aliphatic heterocycles. The average Bonchev–Trinajstić information content (AvgIpc) is 2.49. The molecule has 1 saturated heterocycles. The van der Waals surface area contributed by atoms with E-state index in [4.69, 9.17) is 4.74 Å². The van der Waals surface area contributed by atoms with Gasteiger partial charge in [0.15, 0.2) is 0 Å². The lowest BCUT2D eigenvalue weighted by atomic mass is 10.0. The zero-order valence-electron chi connectivity index (χ0n) is 12.5. The molecule has 0 spiro atoms. The molecular formula is C16H22N2O3. The van der Waals surface area contributed by atoms with Gasteiger partial charge in [-0.05, 0) is 25.5 Å². The number of benzene rings is 1. The number of nitrogens with zero attached hydrogens (tertiary/aromatic N) is 1. The number of hydrogen-bond donors (Lipinski definition) is 1. The first-order valence-electron chi connectivity index (χ1n) is 7.42. The summed E-state index contributed by atoms with van der Waals surface area (Å²) in [5.41, 5.74) is 0. The second kappa shape index (κ2) is 7.11. The van der Waals surface area contributed by atoms with Gasteiger partial charge >= 0.3 is 0 Å². The molecule has 0 bridgehead atoms. The minimum Gasteiger partial charge on any atom is -0.492 e. The maximum atomic E-state index is 12.3. The number of piperazine rings is 1. The van der Waals surface area contributed by atoms with E-state index in [0.29, 0.717) is 19.6 Å². The van der Waals surface area contributed by atoms with Crippen LogP contribution in [-0.4, -0.2) is 41.9 Å². The molecule has 1 aliphatic rings. The van der Waals surface area contributed by atoms with Crippen molar-refractivity contribution in [2.75, 3.05) is 13.2 Å². The third-order valence-corrected chi connectivity index (χ3v) is 3.60. The van der Waals surface area contributed by atoms with Crippen LogP contribution in [0.5, 0.6) is 5.75 Å². The molecule has 2 unspecified atom stereocenters. The van der Waals surface area contributed by atoms with Crippen molar-refractivity contribution in [2.24, 2.45) is 0 Å². The Morgan fingerprint density at radius 3 is 2.62 bits per heavy atom. The van der Waals surface area contributed by atoms with E-state index < -0.39 is 6.04 Å². The zero-order valence-corrected chi connectivity index (χ0v) is 12.5. The quantitative estimate of drug-likeness (QED) is 0.865. The molecule has 114 valence electrons. The van der Waals surface area contributed by atoms with Gasteiger partial charge in [-0.2, -0.15) is 0 Å². The van der Waals surface area contributed by atoms with Crippen LogP contribution >= 0.6 is 0 Å². The summed E-state index contributed by atoms with van der Waals surface area (Å²) in [6.45, 7) is 4.54. The van der Waals surface area contributed by atoms with E-state index in [2.05, 4.69) is 5.32 Å². The molecule has 1 aromatic rings. The Kier molecular flexibility index (Phi) is 5.20. The molecule has 0 aliphatic carbocycles. The van der Waals surface area contributed by atoms with Crippen molar-refractivity contribution in [3.05, 3.63) is 30.3 Å². The van der Waals surface area contributed by atoms with Crippen LogP contribution in [0.3, 0.4) is 0 Å². The lowest BCUT2D eigenvalue weighted by Crippen LogP contribution is -2.62. The number of carbonyl (C=O) groups is 2. The maximum Gasteiger partial charge on any atom is 0.245 e.